The van der Waals surface area contributed by atoms with E-state index in [1.807, 2.05) is 0 Å². The Hall–Kier alpha value is 0.302. The third kappa shape index (κ3) is 45.8. The Labute approximate surface area is 223 Å². The molecule has 0 aromatic rings. The summed E-state index contributed by atoms with van der Waals surface area (Å²) in [5.41, 5.74) is 0. The van der Waals surface area contributed by atoms with Gasteiger partial charge in [-0.15, -0.1) is 15.8 Å². The minimum atomic E-state index is -1.08. The van der Waals surface area contributed by atoms with Gasteiger partial charge in [-0.3, -0.25) is 0 Å². The van der Waals surface area contributed by atoms with Gasteiger partial charge in [0.2, 0.25) is 0 Å². The minimum absolute atomic E-state index is 0. The van der Waals surface area contributed by atoms with Crippen LogP contribution in [-0.2, 0) is 30.0 Å². The van der Waals surface area contributed by atoms with Gasteiger partial charge < -0.3 is 40.2 Å². The number of unbranched alkanes of at least 4 members (excludes halogenated alkanes) is 4. The molecule has 0 radical (unpaired) electrons. The number of aliphatic hydroxyl groups is 4. The molecule has 0 aromatic heterocycles. The van der Waals surface area contributed by atoms with Crippen LogP contribution in [-0.4, -0.2) is 95.8 Å². The van der Waals surface area contributed by atoms with E-state index >= 15 is 0 Å². The molecule has 34 heavy (non-hydrogen) atoms. The molecule has 11 heteroatoms. The maximum Gasteiger partial charge on any atom is 2.00 e. The summed E-state index contributed by atoms with van der Waals surface area (Å²) in [6.07, 6.45) is 17.3. The first-order valence-corrected chi connectivity index (χ1v) is 15.8. The summed E-state index contributed by atoms with van der Waals surface area (Å²) in [4.78, 5) is 17.8. The summed E-state index contributed by atoms with van der Waals surface area (Å²) in [6.45, 7) is 3.17. The van der Waals surface area contributed by atoms with Crippen LogP contribution >= 0.6 is 15.8 Å². The number of hydrogen-bond acceptors (Lipinski definition) is 8. The Morgan fingerprint density at radius 1 is 0.500 bits per heavy atom. The second-order valence-corrected chi connectivity index (χ2v) is 13.1. The van der Waals surface area contributed by atoms with Gasteiger partial charge in [-0.1, -0.05) is 0 Å². The van der Waals surface area contributed by atoms with Gasteiger partial charge in [0.05, 0.1) is 0 Å². The molecule has 8 nitrogen and oxygen atoms in total. The van der Waals surface area contributed by atoms with Crippen molar-refractivity contribution in [3.8, 4) is 0 Å². The van der Waals surface area contributed by atoms with E-state index in [-0.39, 0.29) is 36.3 Å². The number of aliphatic carboxylic acids is 2. The van der Waals surface area contributed by atoms with Gasteiger partial charge in [-0.2, -0.15) is 0 Å². The number of aliphatic hydroxyl groups excluding tert-OH is 4. The number of carboxylic acid groups (broad SMARTS) is 2. The first kappa shape index (κ1) is 41.4. The number of hydrogen-bond donors (Lipinski definition) is 4. The fourth-order valence-electron chi connectivity index (χ4n) is 2.98. The van der Waals surface area contributed by atoms with Crippen molar-refractivity contribution in [2.45, 2.75) is 71.6 Å². The van der Waals surface area contributed by atoms with Gasteiger partial charge >= 0.3 is 20.4 Å². The molecule has 0 fully saturated rings. The predicted octanol–water partition coefficient (Wildman–Crippen LogP) is 0.940. The summed E-state index contributed by atoms with van der Waals surface area (Å²) in [5, 5.41) is 53.7. The van der Waals surface area contributed by atoms with Crippen molar-refractivity contribution in [3.05, 3.63) is 0 Å². The van der Waals surface area contributed by atoms with Gasteiger partial charge in [-0.25, -0.2) is 0 Å². The van der Waals surface area contributed by atoms with E-state index in [1.54, 1.807) is 0 Å². The van der Waals surface area contributed by atoms with E-state index in [9.17, 15) is 0 Å². The van der Waals surface area contributed by atoms with Crippen LogP contribution in [0.2, 0.25) is 0 Å². The molecule has 0 aromatic carbocycles. The standard InChI is InChI=1S/C19H42O4P2.2C2H4O2.Pd/c20-10-1-5-14-24(15-6-2-11-21)18-9-19-25(16-7-3-12-22)17-8-4-13-23;2*1-2(3)4;/h20-23H,1-19H2;2*1H3,(H,3,4);/q;;;+2/p-2. The van der Waals surface area contributed by atoms with E-state index in [1.165, 1.54) is 43.4 Å². The van der Waals surface area contributed by atoms with E-state index in [4.69, 9.17) is 40.2 Å². The zero-order chi connectivity index (χ0) is 25.7. The second-order valence-electron chi connectivity index (χ2n) is 7.74. The number of carbonyl (C=O) groups is 2. The first-order valence-electron chi connectivity index (χ1n) is 12.0. The van der Waals surface area contributed by atoms with Crippen molar-refractivity contribution < 1.29 is 60.7 Å². The molecule has 4 N–H and O–H groups in total. The third-order valence-electron chi connectivity index (χ3n) is 4.48. The Morgan fingerprint density at radius 3 is 0.853 bits per heavy atom. The smallest absolute Gasteiger partial charge is 0.550 e. The molecule has 0 amide bonds. The molecule has 0 aliphatic rings. The van der Waals surface area contributed by atoms with Gasteiger partial charge in [0.25, 0.3) is 0 Å². The quantitative estimate of drug-likeness (QED) is 0.0889. The number of carboxylic acids is 2. The van der Waals surface area contributed by atoms with Crippen molar-refractivity contribution in [3.63, 3.8) is 0 Å². The van der Waals surface area contributed by atoms with Crippen molar-refractivity contribution in [1.29, 1.82) is 0 Å². The largest absolute Gasteiger partial charge is 2.00 e. The molecule has 208 valence electrons. The van der Waals surface area contributed by atoms with Crippen LogP contribution in [0.15, 0.2) is 0 Å². The maximum atomic E-state index is 8.99. The average molecular weight is 621 g/mol. The summed E-state index contributed by atoms with van der Waals surface area (Å²) in [7, 11) is 0.123. The molecule has 0 rings (SSSR count). The molecular formula is C23H48O8P2Pd. The van der Waals surface area contributed by atoms with Gasteiger partial charge in [-0.05, 0) is 109 Å². The summed E-state index contributed by atoms with van der Waals surface area (Å²) >= 11 is 0. The number of rotatable bonds is 20. The van der Waals surface area contributed by atoms with E-state index in [2.05, 4.69) is 0 Å². The fraction of sp³-hybridized carbons (Fsp3) is 0.913. The van der Waals surface area contributed by atoms with Crippen LogP contribution in [0.5, 0.6) is 0 Å². The Bertz CT molecular complexity index is 356. The van der Waals surface area contributed by atoms with Crippen LogP contribution in [0.1, 0.15) is 71.6 Å². The van der Waals surface area contributed by atoms with Crippen LogP contribution in [0.25, 0.3) is 0 Å². The SMILES string of the molecule is CC(=O)[O-].CC(=O)[O-].OCCCCP(CCCCO)CCCP(CCCCO)CCCCO.[Pd+2]. The third-order valence-corrected chi connectivity index (χ3v) is 10.2. The average Bonchev–Trinajstić information content (AvgIpc) is 2.73. The van der Waals surface area contributed by atoms with Crippen molar-refractivity contribution >= 4 is 27.8 Å². The molecule has 0 spiro atoms. The predicted molar refractivity (Wildman–Crippen MR) is 134 cm³/mol. The zero-order valence-electron chi connectivity index (χ0n) is 21.1. The molecule has 0 bridgehead atoms. The Kier molecular flexibility index (Phi) is 43.2. The molecule has 0 aliphatic heterocycles. The van der Waals surface area contributed by atoms with Crippen molar-refractivity contribution in [2.75, 3.05) is 63.4 Å². The van der Waals surface area contributed by atoms with Gasteiger partial charge in [0.15, 0.2) is 0 Å². The van der Waals surface area contributed by atoms with Crippen LogP contribution in [0, 0.1) is 0 Å². The van der Waals surface area contributed by atoms with Gasteiger partial charge in [0, 0.05) is 38.4 Å². The van der Waals surface area contributed by atoms with Crippen LogP contribution in [0.3, 0.4) is 0 Å². The molecule has 0 heterocycles. The molecule has 0 aliphatic carbocycles. The van der Waals surface area contributed by atoms with Crippen LogP contribution < -0.4 is 10.2 Å². The maximum absolute atomic E-state index is 8.99. The Balaban J connectivity index is -0.000000430. The summed E-state index contributed by atoms with van der Waals surface area (Å²) in [5.74, 6) is -2.17. The topological polar surface area (TPSA) is 161 Å². The van der Waals surface area contributed by atoms with Crippen molar-refractivity contribution in [1.82, 2.24) is 0 Å². The molecule has 0 unspecified atom stereocenters. The fourth-order valence-corrected chi connectivity index (χ4v) is 8.46. The Morgan fingerprint density at radius 2 is 0.676 bits per heavy atom. The second kappa shape index (κ2) is 35.5. The van der Waals surface area contributed by atoms with E-state index in [0.717, 1.165) is 65.2 Å². The summed E-state index contributed by atoms with van der Waals surface area (Å²) in [6, 6.07) is 0. The van der Waals surface area contributed by atoms with Crippen LogP contribution in [0.4, 0.5) is 0 Å². The first-order chi connectivity index (χ1) is 15.7. The molecule has 0 saturated heterocycles. The monoisotopic (exact) mass is 620 g/mol. The normalized spacial score (nSPS) is 10.1. The molecule has 0 saturated carbocycles. The van der Waals surface area contributed by atoms with Gasteiger partial charge in [0.1, 0.15) is 0 Å². The molecule has 0 atom stereocenters. The van der Waals surface area contributed by atoms with Crippen molar-refractivity contribution in [2.24, 2.45) is 0 Å². The molecular weight excluding hydrogens is 573 g/mol. The van der Waals surface area contributed by atoms with E-state index < -0.39 is 11.9 Å². The number of carbonyl (C=O) groups excluding carboxylic acids is 2. The minimum Gasteiger partial charge on any atom is -0.550 e. The zero-order valence-corrected chi connectivity index (χ0v) is 24.4. The summed E-state index contributed by atoms with van der Waals surface area (Å²) < 4.78 is 0. The van der Waals surface area contributed by atoms with E-state index in [0.29, 0.717) is 26.4 Å².